The minimum atomic E-state index is -0.862. The van der Waals surface area contributed by atoms with Crippen molar-refractivity contribution in [3.8, 4) is 0 Å². The maximum absolute atomic E-state index is 12.2. The fourth-order valence-electron chi connectivity index (χ4n) is 2.66. The molecule has 0 aliphatic carbocycles. The van der Waals surface area contributed by atoms with Crippen molar-refractivity contribution in [1.29, 1.82) is 0 Å². The Bertz CT molecular complexity index is 745. The Hall–Kier alpha value is -2.61. The van der Waals surface area contributed by atoms with E-state index >= 15 is 0 Å². The largest absolute Gasteiger partial charge is 0.471 e. The van der Waals surface area contributed by atoms with Crippen LogP contribution in [0.5, 0.6) is 0 Å². The number of carbonyl (C=O) groups is 2. The molecule has 2 amide bonds. The summed E-state index contributed by atoms with van der Waals surface area (Å²) < 4.78 is 10.0. The van der Waals surface area contributed by atoms with Crippen molar-refractivity contribution in [3.63, 3.8) is 0 Å². The standard InChI is InChI=1S/C18H25N3O5/c1-11-9-25-10-16(11)18(24)19-7-14(22)8-21(4)17(23)6-5-15-12(2)20-26-13(15)3/h9-10,14,22H,5-8H2,1-4H3,(H,19,24). The number of aryl methyl sites for hydroxylation is 3. The molecule has 2 aromatic rings. The minimum absolute atomic E-state index is 0.0466. The monoisotopic (exact) mass is 363 g/mol. The van der Waals surface area contributed by atoms with E-state index in [1.165, 1.54) is 17.4 Å². The molecule has 1 atom stereocenters. The van der Waals surface area contributed by atoms with E-state index in [0.29, 0.717) is 18.4 Å². The first-order chi connectivity index (χ1) is 12.3. The maximum Gasteiger partial charge on any atom is 0.254 e. The third kappa shape index (κ3) is 4.95. The van der Waals surface area contributed by atoms with Crippen LogP contribution in [0.4, 0.5) is 0 Å². The molecule has 0 saturated carbocycles. The Balaban J connectivity index is 1.75. The summed E-state index contributed by atoms with van der Waals surface area (Å²) in [4.78, 5) is 25.7. The molecule has 2 rings (SSSR count). The molecule has 1 unspecified atom stereocenters. The molecule has 0 aromatic carbocycles. The van der Waals surface area contributed by atoms with E-state index in [1.807, 2.05) is 13.8 Å². The summed E-state index contributed by atoms with van der Waals surface area (Å²) in [5.74, 6) is 0.305. The van der Waals surface area contributed by atoms with Crippen LogP contribution in [-0.2, 0) is 11.2 Å². The van der Waals surface area contributed by atoms with Crippen molar-refractivity contribution in [3.05, 3.63) is 40.7 Å². The lowest BCUT2D eigenvalue weighted by atomic mass is 10.1. The van der Waals surface area contributed by atoms with Gasteiger partial charge in [-0.1, -0.05) is 5.16 Å². The number of carbonyl (C=O) groups excluding carboxylic acids is 2. The second-order valence-corrected chi connectivity index (χ2v) is 6.41. The topological polar surface area (TPSA) is 109 Å². The van der Waals surface area contributed by atoms with Crippen LogP contribution in [-0.4, -0.2) is 53.2 Å². The van der Waals surface area contributed by atoms with Gasteiger partial charge < -0.3 is 24.3 Å². The average Bonchev–Trinajstić information content (AvgIpc) is 3.16. The number of likely N-dealkylation sites (N-methyl/N-ethyl adjacent to an activating group) is 1. The molecule has 8 heteroatoms. The van der Waals surface area contributed by atoms with Gasteiger partial charge in [0.25, 0.3) is 5.91 Å². The number of nitrogens with one attached hydrogen (secondary N) is 1. The van der Waals surface area contributed by atoms with Crippen molar-refractivity contribution in [2.75, 3.05) is 20.1 Å². The number of furan rings is 1. The van der Waals surface area contributed by atoms with E-state index in [9.17, 15) is 14.7 Å². The zero-order valence-electron chi connectivity index (χ0n) is 15.5. The van der Waals surface area contributed by atoms with E-state index in [0.717, 1.165) is 22.6 Å². The third-order valence-corrected chi connectivity index (χ3v) is 4.28. The highest BCUT2D eigenvalue weighted by Gasteiger charge is 2.18. The maximum atomic E-state index is 12.2. The van der Waals surface area contributed by atoms with Gasteiger partial charge in [-0.3, -0.25) is 9.59 Å². The predicted octanol–water partition coefficient (Wildman–Crippen LogP) is 1.37. The van der Waals surface area contributed by atoms with Crippen LogP contribution in [0.3, 0.4) is 0 Å². The number of amides is 2. The van der Waals surface area contributed by atoms with Crippen LogP contribution in [0.15, 0.2) is 21.5 Å². The molecule has 2 heterocycles. The van der Waals surface area contributed by atoms with Crippen LogP contribution in [0, 0.1) is 20.8 Å². The number of hydrogen-bond acceptors (Lipinski definition) is 6. The molecule has 0 fully saturated rings. The quantitative estimate of drug-likeness (QED) is 0.733. The summed E-state index contributed by atoms with van der Waals surface area (Å²) >= 11 is 0. The van der Waals surface area contributed by atoms with Crippen molar-refractivity contribution in [1.82, 2.24) is 15.4 Å². The van der Waals surface area contributed by atoms with Gasteiger partial charge in [0, 0.05) is 32.1 Å². The van der Waals surface area contributed by atoms with Crippen LogP contribution < -0.4 is 5.32 Å². The molecule has 8 nitrogen and oxygen atoms in total. The molecule has 0 aliphatic heterocycles. The number of aliphatic hydroxyl groups excluding tert-OH is 1. The van der Waals surface area contributed by atoms with Gasteiger partial charge in [-0.05, 0) is 32.8 Å². The first kappa shape index (κ1) is 19.7. The van der Waals surface area contributed by atoms with E-state index in [4.69, 9.17) is 8.94 Å². The summed E-state index contributed by atoms with van der Waals surface area (Å²) in [6.45, 7) is 5.60. The first-order valence-electron chi connectivity index (χ1n) is 8.44. The van der Waals surface area contributed by atoms with Crippen molar-refractivity contribution < 1.29 is 23.6 Å². The van der Waals surface area contributed by atoms with Crippen LogP contribution >= 0.6 is 0 Å². The van der Waals surface area contributed by atoms with E-state index in [-0.39, 0.29) is 24.9 Å². The highest BCUT2D eigenvalue weighted by atomic mass is 16.5. The molecule has 0 radical (unpaired) electrons. The molecule has 2 N–H and O–H groups in total. The molecular weight excluding hydrogens is 338 g/mol. The summed E-state index contributed by atoms with van der Waals surface area (Å²) in [6.07, 6.45) is 2.82. The van der Waals surface area contributed by atoms with Crippen molar-refractivity contribution in [2.24, 2.45) is 0 Å². The molecule has 0 aliphatic rings. The van der Waals surface area contributed by atoms with E-state index < -0.39 is 6.10 Å². The summed E-state index contributed by atoms with van der Waals surface area (Å²) in [7, 11) is 1.63. The first-order valence-corrected chi connectivity index (χ1v) is 8.44. The molecule has 26 heavy (non-hydrogen) atoms. The van der Waals surface area contributed by atoms with E-state index in [2.05, 4.69) is 10.5 Å². The minimum Gasteiger partial charge on any atom is -0.471 e. The van der Waals surface area contributed by atoms with Gasteiger partial charge in [-0.2, -0.15) is 0 Å². The predicted molar refractivity (Wildman–Crippen MR) is 93.7 cm³/mol. The van der Waals surface area contributed by atoms with Gasteiger partial charge in [0.1, 0.15) is 12.0 Å². The van der Waals surface area contributed by atoms with Gasteiger partial charge in [0.15, 0.2) is 0 Å². The highest BCUT2D eigenvalue weighted by molar-refractivity contribution is 5.95. The molecule has 0 saturated heterocycles. The Kier molecular flexibility index (Phi) is 6.57. The van der Waals surface area contributed by atoms with Gasteiger partial charge >= 0.3 is 0 Å². The molecule has 0 spiro atoms. The number of nitrogens with zero attached hydrogens (tertiary/aromatic N) is 2. The number of aliphatic hydroxyl groups is 1. The molecule has 0 bridgehead atoms. The van der Waals surface area contributed by atoms with Crippen LogP contribution in [0.1, 0.15) is 39.4 Å². The summed E-state index contributed by atoms with van der Waals surface area (Å²) in [6, 6.07) is 0. The second kappa shape index (κ2) is 8.66. The Morgan fingerprint density at radius 3 is 2.62 bits per heavy atom. The van der Waals surface area contributed by atoms with Gasteiger partial charge in [-0.25, -0.2) is 0 Å². The van der Waals surface area contributed by atoms with Crippen LogP contribution in [0.25, 0.3) is 0 Å². The Morgan fingerprint density at radius 1 is 1.31 bits per heavy atom. The third-order valence-electron chi connectivity index (χ3n) is 4.28. The zero-order chi connectivity index (χ0) is 19.3. The lowest BCUT2D eigenvalue weighted by Crippen LogP contribution is -2.41. The smallest absolute Gasteiger partial charge is 0.254 e. The molecular formula is C18H25N3O5. The van der Waals surface area contributed by atoms with Gasteiger partial charge in [-0.15, -0.1) is 0 Å². The Morgan fingerprint density at radius 2 is 2.04 bits per heavy atom. The van der Waals surface area contributed by atoms with Gasteiger partial charge in [0.2, 0.25) is 5.91 Å². The fourth-order valence-corrected chi connectivity index (χ4v) is 2.66. The van der Waals surface area contributed by atoms with Crippen molar-refractivity contribution in [2.45, 2.75) is 39.7 Å². The van der Waals surface area contributed by atoms with Gasteiger partial charge in [0.05, 0.1) is 23.6 Å². The average molecular weight is 363 g/mol. The van der Waals surface area contributed by atoms with E-state index in [1.54, 1.807) is 14.0 Å². The lowest BCUT2D eigenvalue weighted by molar-refractivity contribution is -0.131. The normalized spacial score (nSPS) is 12.0. The summed E-state index contributed by atoms with van der Waals surface area (Å²) in [5, 5.41) is 16.6. The number of rotatable bonds is 8. The number of aromatic nitrogens is 1. The Labute approximate surface area is 152 Å². The molecule has 2 aromatic heterocycles. The zero-order valence-corrected chi connectivity index (χ0v) is 15.5. The SMILES string of the molecule is Cc1cocc1C(=O)NCC(O)CN(C)C(=O)CCc1c(C)noc1C. The summed E-state index contributed by atoms with van der Waals surface area (Å²) in [5.41, 5.74) is 2.88. The van der Waals surface area contributed by atoms with Crippen molar-refractivity contribution >= 4 is 11.8 Å². The lowest BCUT2D eigenvalue weighted by Gasteiger charge is -2.21. The second-order valence-electron chi connectivity index (χ2n) is 6.41. The number of hydrogen-bond donors (Lipinski definition) is 2. The fraction of sp³-hybridized carbons (Fsp3) is 0.500. The molecule has 142 valence electrons. The van der Waals surface area contributed by atoms with Crippen LogP contribution in [0.2, 0.25) is 0 Å². The highest BCUT2D eigenvalue weighted by Crippen LogP contribution is 2.15.